The van der Waals surface area contributed by atoms with Crippen molar-refractivity contribution in [3.8, 4) is 0 Å². The maximum absolute atomic E-state index is 12.6. The number of hydrogen-bond donors (Lipinski definition) is 1. The fraction of sp³-hybridized carbons (Fsp3) is 0.217. The summed E-state index contributed by atoms with van der Waals surface area (Å²) in [6, 6.07) is 14.4. The molecule has 148 valence electrons. The van der Waals surface area contributed by atoms with Crippen LogP contribution in [0.3, 0.4) is 0 Å². The lowest BCUT2D eigenvalue weighted by molar-refractivity contribution is 0.0925. The second kappa shape index (κ2) is 7.19. The standard InChI is InChI=1S/C23H20BrNO4/c1-23(2,3)15-4-6-19-17(11-15)14(10-21(26)29-19)12-25-22(27)20-9-13-8-16(24)5-7-18(13)28-20/h4-11H,12H2,1-3H3,(H,25,27). The average molecular weight is 454 g/mol. The molecule has 1 N–H and O–H groups in total. The smallest absolute Gasteiger partial charge is 0.336 e. The Morgan fingerprint density at radius 3 is 2.52 bits per heavy atom. The van der Waals surface area contributed by atoms with Crippen molar-refractivity contribution in [2.75, 3.05) is 0 Å². The summed E-state index contributed by atoms with van der Waals surface area (Å²) in [4.78, 5) is 24.5. The van der Waals surface area contributed by atoms with E-state index in [1.165, 1.54) is 6.07 Å². The first-order valence-electron chi connectivity index (χ1n) is 9.25. The van der Waals surface area contributed by atoms with E-state index in [9.17, 15) is 9.59 Å². The molecule has 0 aliphatic rings. The highest BCUT2D eigenvalue weighted by atomic mass is 79.9. The summed E-state index contributed by atoms with van der Waals surface area (Å²) in [7, 11) is 0. The number of carbonyl (C=O) groups is 1. The van der Waals surface area contributed by atoms with Crippen molar-refractivity contribution in [3.05, 3.63) is 80.3 Å². The molecular weight excluding hydrogens is 434 g/mol. The van der Waals surface area contributed by atoms with E-state index in [2.05, 4.69) is 42.0 Å². The molecule has 0 atom stereocenters. The van der Waals surface area contributed by atoms with Crippen LogP contribution in [-0.4, -0.2) is 5.91 Å². The quantitative estimate of drug-likeness (QED) is 0.414. The summed E-state index contributed by atoms with van der Waals surface area (Å²) in [5.41, 5.74) is 2.47. The van der Waals surface area contributed by atoms with Crippen LogP contribution in [0.2, 0.25) is 0 Å². The second-order valence-electron chi connectivity index (χ2n) is 8.03. The molecule has 0 saturated carbocycles. The Morgan fingerprint density at radius 1 is 1.00 bits per heavy atom. The number of nitrogens with one attached hydrogen (secondary N) is 1. The highest BCUT2D eigenvalue weighted by Gasteiger charge is 2.17. The number of rotatable bonds is 3. The van der Waals surface area contributed by atoms with E-state index in [1.807, 2.05) is 24.3 Å². The first-order valence-corrected chi connectivity index (χ1v) is 10.0. The van der Waals surface area contributed by atoms with Crippen LogP contribution in [0.15, 0.2) is 66.6 Å². The van der Waals surface area contributed by atoms with Gasteiger partial charge in [-0.15, -0.1) is 0 Å². The maximum Gasteiger partial charge on any atom is 0.336 e. The molecule has 2 heterocycles. The molecule has 0 bridgehead atoms. The van der Waals surface area contributed by atoms with Gasteiger partial charge in [0.15, 0.2) is 5.76 Å². The number of halogens is 1. The van der Waals surface area contributed by atoms with E-state index in [4.69, 9.17) is 8.83 Å². The van der Waals surface area contributed by atoms with Crippen molar-refractivity contribution < 1.29 is 13.6 Å². The molecule has 1 amide bonds. The number of fused-ring (bicyclic) bond motifs is 2. The zero-order valence-corrected chi connectivity index (χ0v) is 17.9. The molecule has 4 aromatic rings. The van der Waals surface area contributed by atoms with Gasteiger partial charge < -0.3 is 14.2 Å². The monoisotopic (exact) mass is 453 g/mol. The number of amides is 1. The lowest BCUT2D eigenvalue weighted by Gasteiger charge is -2.19. The van der Waals surface area contributed by atoms with Crippen molar-refractivity contribution >= 4 is 43.8 Å². The number of hydrogen-bond acceptors (Lipinski definition) is 4. The fourth-order valence-electron chi connectivity index (χ4n) is 3.23. The van der Waals surface area contributed by atoms with Crippen molar-refractivity contribution in [1.29, 1.82) is 0 Å². The predicted molar refractivity (Wildman–Crippen MR) is 116 cm³/mol. The SMILES string of the molecule is CC(C)(C)c1ccc2oc(=O)cc(CNC(=O)c3cc4cc(Br)ccc4o3)c2c1. The second-order valence-corrected chi connectivity index (χ2v) is 8.94. The van der Waals surface area contributed by atoms with Crippen molar-refractivity contribution in [2.24, 2.45) is 0 Å². The van der Waals surface area contributed by atoms with Gasteiger partial charge in [-0.1, -0.05) is 42.8 Å². The summed E-state index contributed by atoms with van der Waals surface area (Å²) < 4.78 is 11.9. The van der Waals surface area contributed by atoms with Crippen LogP contribution >= 0.6 is 15.9 Å². The minimum absolute atomic E-state index is 0.0482. The first kappa shape index (κ1) is 19.5. The van der Waals surface area contributed by atoms with Gasteiger partial charge in [-0.2, -0.15) is 0 Å². The maximum atomic E-state index is 12.6. The van der Waals surface area contributed by atoms with Crippen molar-refractivity contribution in [3.63, 3.8) is 0 Å². The van der Waals surface area contributed by atoms with Gasteiger partial charge in [0, 0.05) is 27.9 Å². The molecule has 0 saturated heterocycles. The molecule has 5 nitrogen and oxygen atoms in total. The Bertz CT molecular complexity index is 1290. The highest BCUT2D eigenvalue weighted by molar-refractivity contribution is 9.10. The van der Waals surface area contributed by atoms with E-state index in [1.54, 1.807) is 18.2 Å². The van der Waals surface area contributed by atoms with E-state index < -0.39 is 5.63 Å². The normalized spacial score (nSPS) is 11.9. The van der Waals surface area contributed by atoms with Gasteiger partial charge >= 0.3 is 5.63 Å². The molecule has 0 spiro atoms. The predicted octanol–water partition coefficient (Wildman–Crippen LogP) is 5.53. The van der Waals surface area contributed by atoms with Gasteiger partial charge in [-0.3, -0.25) is 4.79 Å². The molecule has 4 rings (SSSR count). The minimum atomic E-state index is -0.446. The molecule has 0 aliphatic heterocycles. The molecule has 0 unspecified atom stereocenters. The van der Waals surface area contributed by atoms with Crippen LogP contribution in [0.1, 0.15) is 42.5 Å². The minimum Gasteiger partial charge on any atom is -0.451 e. The third-order valence-electron chi connectivity index (χ3n) is 4.84. The van der Waals surface area contributed by atoms with E-state index >= 15 is 0 Å². The van der Waals surface area contributed by atoms with Crippen LogP contribution in [0.5, 0.6) is 0 Å². The largest absolute Gasteiger partial charge is 0.451 e. The van der Waals surface area contributed by atoms with Crippen LogP contribution in [0.4, 0.5) is 0 Å². The Hall–Kier alpha value is -2.86. The van der Waals surface area contributed by atoms with Crippen LogP contribution in [-0.2, 0) is 12.0 Å². The number of carbonyl (C=O) groups excluding carboxylic acids is 1. The number of benzene rings is 2. The molecule has 29 heavy (non-hydrogen) atoms. The molecule has 6 heteroatoms. The van der Waals surface area contributed by atoms with Gasteiger partial charge in [0.25, 0.3) is 5.91 Å². The number of furan rings is 1. The summed E-state index contributed by atoms with van der Waals surface area (Å²) in [5, 5.41) is 4.49. The van der Waals surface area contributed by atoms with Gasteiger partial charge in [-0.25, -0.2) is 4.79 Å². The molecular formula is C23H20BrNO4. The third-order valence-corrected chi connectivity index (χ3v) is 5.33. The zero-order valence-electron chi connectivity index (χ0n) is 16.3. The highest BCUT2D eigenvalue weighted by Crippen LogP contribution is 2.27. The third kappa shape index (κ3) is 3.98. The Balaban J connectivity index is 1.64. The van der Waals surface area contributed by atoms with Gasteiger partial charge in [0.05, 0.1) is 0 Å². The Labute approximate surface area is 175 Å². The molecule has 0 fully saturated rings. The molecule has 2 aromatic carbocycles. The summed E-state index contributed by atoms with van der Waals surface area (Å²) in [6.07, 6.45) is 0. The van der Waals surface area contributed by atoms with Crippen LogP contribution in [0.25, 0.3) is 21.9 Å². The topological polar surface area (TPSA) is 72.5 Å². The van der Waals surface area contributed by atoms with Crippen molar-refractivity contribution in [1.82, 2.24) is 5.32 Å². The van der Waals surface area contributed by atoms with Crippen LogP contribution < -0.4 is 10.9 Å². The van der Waals surface area contributed by atoms with E-state index in [0.717, 1.165) is 20.8 Å². The van der Waals surface area contributed by atoms with Crippen LogP contribution in [0, 0.1) is 0 Å². The van der Waals surface area contributed by atoms with Gasteiger partial charge in [0.1, 0.15) is 11.2 Å². The van der Waals surface area contributed by atoms with E-state index in [-0.39, 0.29) is 23.6 Å². The lowest BCUT2D eigenvalue weighted by atomic mass is 9.86. The Morgan fingerprint density at radius 2 is 1.76 bits per heavy atom. The van der Waals surface area contributed by atoms with Crippen molar-refractivity contribution in [2.45, 2.75) is 32.7 Å². The lowest BCUT2D eigenvalue weighted by Crippen LogP contribution is -2.23. The molecule has 0 aliphatic carbocycles. The molecule has 2 aromatic heterocycles. The summed E-state index contributed by atoms with van der Waals surface area (Å²) in [5.74, 6) is -0.119. The van der Waals surface area contributed by atoms with Gasteiger partial charge in [-0.05, 0) is 52.9 Å². The summed E-state index contributed by atoms with van der Waals surface area (Å²) >= 11 is 3.41. The Kier molecular flexibility index (Phi) is 4.82. The summed E-state index contributed by atoms with van der Waals surface area (Å²) in [6.45, 7) is 6.55. The average Bonchev–Trinajstić information content (AvgIpc) is 3.07. The first-order chi connectivity index (χ1) is 13.7. The fourth-order valence-corrected chi connectivity index (χ4v) is 3.61. The van der Waals surface area contributed by atoms with E-state index in [0.29, 0.717) is 16.7 Å². The zero-order chi connectivity index (χ0) is 20.8. The molecule has 0 radical (unpaired) electrons. The van der Waals surface area contributed by atoms with Gasteiger partial charge in [0.2, 0.25) is 0 Å².